The highest BCUT2D eigenvalue weighted by Gasteiger charge is 2.32. The standard InChI is InChI=1S/C22H25ClFN7O3/c1-13-26-18(9-19(27-13)21(33)25-10-15-2-3-17(24)16(23)8-15)20-28-30-31(29-20)11-14-4-6-22(34,12-32)7-5-14/h2-3,8-9,14,32,34H,4-7,10-12H2,1H3,(H,25,33). The number of benzene rings is 1. The predicted molar refractivity (Wildman–Crippen MR) is 120 cm³/mol. The second kappa shape index (κ2) is 10.1. The van der Waals surface area contributed by atoms with Crippen LogP contribution in [0.15, 0.2) is 24.3 Å². The Morgan fingerprint density at radius 3 is 2.76 bits per heavy atom. The third kappa shape index (κ3) is 5.72. The highest BCUT2D eigenvalue weighted by Crippen LogP contribution is 2.32. The van der Waals surface area contributed by atoms with Gasteiger partial charge in [0.15, 0.2) is 0 Å². The Morgan fingerprint density at radius 2 is 2.06 bits per heavy atom. The van der Waals surface area contributed by atoms with Crippen molar-refractivity contribution in [3.05, 3.63) is 52.2 Å². The topological polar surface area (TPSA) is 139 Å². The van der Waals surface area contributed by atoms with Crippen LogP contribution in [0.2, 0.25) is 5.02 Å². The van der Waals surface area contributed by atoms with Gasteiger partial charge in [0.2, 0.25) is 5.82 Å². The van der Waals surface area contributed by atoms with Crippen LogP contribution in [0.5, 0.6) is 0 Å². The van der Waals surface area contributed by atoms with Crippen molar-refractivity contribution in [3.63, 3.8) is 0 Å². The Kier molecular flexibility index (Phi) is 7.15. The Morgan fingerprint density at radius 1 is 1.29 bits per heavy atom. The molecule has 1 aliphatic rings. The van der Waals surface area contributed by atoms with E-state index in [0.29, 0.717) is 36.5 Å². The molecule has 1 saturated carbocycles. The molecule has 1 fully saturated rings. The van der Waals surface area contributed by atoms with E-state index in [1.165, 1.54) is 29.1 Å². The second-order valence-electron chi connectivity index (χ2n) is 8.61. The largest absolute Gasteiger partial charge is 0.393 e. The number of hydrogen-bond donors (Lipinski definition) is 3. The number of carbonyl (C=O) groups excluding carboxylic acids is 1. The zero-order valence-electron chi connectivity index (χ0n) is 18.6. The predicted octanol–water partition coefficient (Wildman–Crippen LogP) is 2.07. The molecule has 2 heterocycles. The van der Waals surface area contributed by atoms with Crippen molar-refractivity contribution in [2.75, 3.05) is 6.61 Å². The number of carbonyl (C=O) groups is 1. The van der Waals surface area contributed by atoms with Gasteiger partial charge in [-0.25, -0.2) is 14.4 Å². The van der Waals surface area contributed by atoms with Crippen molar-refractivity contribution >= 4 is 17.5 Å². The van der Waals surface area contributed by atoms with E-state index in [1.54, 1.807) is 6.92 Å². The molecule has 0 atom stereocenters. The van der Waals surface area contributed by atoms with Crippen LogP contribution < -0.4 is 5.32 Å². The molecule has 10 nitrogen and oxygen atoms in total. The lowest BCUT2D eigenvalue weighted by molar-refractivity contribution is -0.0535. The van der Waals surface area contributed by atoms with Gasteiger partial charge in [0, 0.05) is 6.54 Å². The lowest BCUT2D eigenvalue weighted by atomic mass is 9.79. The first-order valence-corrected chi connectivity index (χ1v) is 11.3. The van der Waals surface area contributed by atoms with Crippen molar-refractivity contribution in [2.45, 2.75) is 51.3 Å². The molecule has 34 heavy (non-hydrogen) atoms. The summed E-state index contributed by atoms with van der Waals surface area (Å²) in [5.74, 6) is -0.0454. The summed E-state index contributed by atoms with van der Waals surface area (Å²) < 4.78 is 13.3. The summed E-state index contributed by atoms with van der Waals surface area (Å²) in [6.07, 6.45) is 2.57. The Balaban J connectivity index is 1.41. The van der Waals surface area contributed by atoms with Gasteiger partial charge in [-0.15, -0.1) is 10.2 Å². The second-order valence-corrected chi connectivity index (χ2v) is 9.02. The van der Waals surface area contributed by atoms with Crippen molar-refractivity contribution < 1.29 is 19.4 Å². The lowest BCUT2D eigenvalue weighted by Gasteiger charge is -2.34. The summed E-state index contributed by atoms with van der Waals surface area (Å²) in [5, 5.41) is 34.7. The van der Waals surface area contributed by atoms with E-state index < -0.39 is 17.3 Å². The number of nitrogens with zero attached hydrogens (tertiary/aromatic N) is 6. The summed E-state index contributed by atoms with van der Waals surface area (Å²) in [7, 11) is 0. The number of nitrogens with one attached hydrogen (secondary N) is 1. The van der Waals surface area contributed by atoms with Crippen molar-refractivity contribution in [3.8, 4) is 11.5 Å². The first-order valence-electron chi connectivity index (χ1n) is 10.9. The van der Waals surface area contributed by atoms with Crippen LogP contribution in [0.25, 0.3) is 11.5 Å². The highest BCUT2D eigenvalue weighted by molar-refractivity contribution is 6.30. The molecule has 12 heteroatoms. The molecule has 2 aromatic heterocycles. The van der Waals surface area contributed by atoms with Gasteiger partial charge in [-0.1, -0.05) is 17.7 Å². The van der Waals surface area contributed by atoms with Crippen LogP contribution in [0, 0.1) is 18.7 Å². The van der Waals surface area contributed by atoms with E-state index in [9.17, 15) is 19.4 Å². The van der Waals surface area contributed by atoms with Gasteiger partial charge >= 0.3 is 0 Å². The van der Waals surface area contributed by atoms with Gasteiger partial charge in [0.1, 0.15) is 23.0 Å². The maximum atomic E-state index is 13.3. The molecular weight excluding hydrogens is 465 g/mol. The van der Waals surface area contributed by atoms with Crippen LogP contribution in [0.4, 0.5) is 4.39 Å². The summed E-state index contributed by atoms with van der Waals surface area (Å²) in [6.45, 7) is 2.12. The maximum Gasteiger partial charge on any atom is 0.270 e. The minimum absolute atomic E-state index is 0.0154. The van der Waals surface area contributed by atoms with Gasteiger partial charge in [0.05, 0.1) is 23.8 Å². The summed E-state index contributed by atoms with van der Waals surface area (Å²) in [5.41, 5.74) is 0.167. The zero-order valence-corrected chi connectivity index (χ0v) is 19.3. The molecule has 0 bridgehead atoms. The molecule has 4 rings (SSSR count). The Labute approximate surface area is 200 Å². The van der Waals surface area contributed by atoms with Crippen molar-refractivity contribution in [2.24, 2.45) is 5.92 Å². The van der Waals surface area contributed by atoms with Gasteiger partial charge < -0.3 is 15.5 Å². The van der Waals surface area contributed by atoms with Crippen LogP contribution in [0.3, 0.4) is 0 Å². The van der Waals surface area contributed by atoms with E-state index in [4.69, 9.17) is 11.6 Å². The number of aliphatic hydroxyl groups is 2. The lowest BCUT2D eigenvalue weighted by Crippen LogP contribution is -2.38. The third-order valence-corrected chi connectivity index (χ3v) is 6.23. The van der Waals surface area contributed by atoms with Crippen molar-refractivity contribution in [1.29, 1.82) is 0 Å². The quantitative estimate of drug-likeness (QED) is 0.458. The number of amides is 1. The molecule has 3 aromatic rings. The zero-order chi connectivity index (χ0) is 24.3. The van der Waals surface area contributed by atoms with E-state index in [2.05, 4.69) is 30.7 Å². The third-order valence-electron chi connectivity index (χ3n) is 5.94. The minimum Gasteiger partial charge on any atom is -0.393 e. The summed E-state index contributed by atoms with van der Waals surface area (Å²) in [4.78, 5) is 22.6. The number of aryl methyl sites for hydroxylation is 1. The van der Waals surface area contributed by atoms with Crippen LogP contribution in [-0.2, 0) is 13.1 Å². The molecule has 0 unspecified atom stereocenters. The summed E-state index contributed by atoms with van der Waals surface area (Å²) in [6, 6.07) is 5.72. The highest BCUT2D eigenvalue weighted by atomic mass is 35.5. The molecule has 3 N–H and O–H groups in total. The average Bonchev–Trinajstić information content (AvgIpc) is 3.29. The smallest absolute Gasteiger partial charge is 0.270 e. The Bertz CT molecular complexity index is 1180. The van der Waals surface area contributed by atoms with Crippen LogP contribution in [-0.4, -0.2) is 58.5 Å². The number of halogens is 2. The fourth-order valence-electron chi connectivity index (χ4n) is 3.93. The SMILES string of the molecule is Cc1nc(C(=O)NCc2ccc(F)c(Cl)c2)cc(-c2nnn(CC3CCC(O)(CO)CC3)n2)n1. The molecule has 1 aliphatic carbocycles. The fraction of sp³-hybridized carbons (Fsp3) is 0.455. The van der Waals surface area contributed by atoms with E-state index in [-0.39, 0.29) is 35.6 Å². The first-order chi connectivity index (χ1) is 16.2. The van der Waals surface area contributed by atoms with Gasteiger partial charge in [0.25, 0.3) is 5.91 Å². The first kappa shape index (κ1) is 24.1. The molecule has 0 radical (unpaired) electrons. The molecular formula is C22H25ClFN7O3. The van der Waals surface area contributed by atoms with E-state index in [1.807, 2.05) is 0 Å². The molecule has 0 saturated heterocycles. The van der Waals surface area contributed by atoms with Crippen LogP contribution >= 0.6 is 11.6 Å². The molecule has 0 spiro atoms. The monoisotopic (exact) mass is 489 g/mol. The number of aliphatic hydroxyl groups excluding tert-OH is 1. The Hall–Kier alpha value is -3.02. The summed E-state index contributed by atoms with van der Waals surface area (Å²) >= 11 is 5.79. The average molecular weight is 490 g/mol. The maximum absolute atomic E-state index is 13.3. The molecule has 1 amide bonds. The molecule has 180 valence electrons. The number of hydrogen-bond acceptors (Lipinski definition) is 8. The van der Waals surface area contributed by atoms with E-state index >= 15 is 0 Å². The number of rotatable bonds is 7. The van der Waals surface area contributed by atoms with Gasteiger partial charge in [-0.05, 0) is 67.5 Å². The van der Waals surface area contributed by atoms with Crippen molar-refractivity contribution in [1.82, 2.24) is 35.5 Å². The van der Waals surface area contributed by atoms with Gasteiger partial charge in [-0.3, -0.25) is 4.79 Å². The van der Waals surface area contributed by atoms with E-state index in [0.717, 1.165) is 12.8 Å². The fourth-order valence-corrected chi connectivity index (χ4v) is 4.13. The van der Waals surface area contributed by atoms with Gasteiger partial charge in [-0.2, -0.15) is 4.80 Å². The normalized spacial score (nSPS) is 20.3. The number of tetrazole rings is 1. The molecule has 0 aliphatic heterocycles. The minimum atomic E-state index is -0.990. The van der Waals surface area contributed by atoms with Crippen LogP contribution in [0.1, 0.15) is 47.6 Å². The number of aromatic nitrogens is 6. The molecule has 1 aromatic carbocycles.